The molecule has 0 fully saturated rings. The molecule has 0 heterocycles. The van der Waals surface area contributed by atoms with Gasteiger partial charge in [-0.05, 0) is 24.3 Å². The number of carbonyl (C=O) groups is 1. The van der Waals surface area contributed by atoms with Gasteiger partial charge in [0.1, 0.15) is 4.83 Å². The summed E-state index contributed by atoms with van der Waals surface area (Å²) in [5, 5.41) is 3.16. The Labute approximate surface area is 110 Å². The van der Waals surface area contributed by atoms with Crippen LogP contribution in [0.5, 0.6) is 0 Å². The first kappa shape index (κ1) is 13.8. The highest BCUT2D eigenvalue weighted by molar-refractivity contribution is 9.10. The predicted octanol–water partition coefficient (Wildman–Crippen LogP) is 2.10. The van der Waals surface area contributed by atoms with Crippen molar-refractivity contribution in [3.63, 3.8) is 0 Å². The SMILES string of the molecule is COC(=O)C(Br)CNc1ccc(N(C)C)cc1. The fraction of sp³-hybridized carbons (Fsp3) is 0.417. The van der Waals surface area contributed by atoms with E-state index in [-0.39, 0.29) is 10.8 Å². The normalized spacial score (nSPS) is 11.8. The molecule has 0 radical (unpaired) electrons. The third kappa shape index (κ3) is 4.26. The van der Waals surface area contributed by atoms with Crippen LogP contribution in [0.3, 0.4) is 0 Å². The monoisotopic (exact) mass is 300 g/mol. The Balaban J connectivity index is 2.50. The molecule has 0 saturated carbocycles. The van der Waals surface area contributed by atoms with Gasteiger partial charge in [0.15, 0.2) is 0 Å². The molecule has 1 unspecified atom stereocenters. The Hall–Kier alpha value is -1.23. The van der Waals surface area contributed by atoms with E-state index in [1.807, 2.05) is 43.3 Å². The number of carbonyl (C=O) groups excluding carboxylic acids is 1. The second-order valence-corrected chi connectivity index (χ2v) is 4.92. The lowest BCUT2D eigenvalue weighted by molar-refractivity contribution is -0.139. The minimum absolute atomic E-state index is 0.276. The summed E-state index contributed by atoms with van der Waals surface area (Å²) in [4.78, 5) is 12.9. The molecule has 0 aliphatic rings. The molecular weight excluding hydrogens is 284 g/mol. The Morgan fingerprint density at radius 3 is 2.47 bits per heavy atom. The van der Waals surface area contributed by atoms with Gasteiger partial charge in [0.25, 0.3) is 0 Å². The number of nitrogens with one attached hydrogen (secondary N) is 1. The molecule has 1 rings (SSSR count). The van der Waals surface area contributed by atoms with Crippen molar-refractivity contribution >= 4 is 33.3 Å². The highest BCUT2D eigenvalue weighted by atomic mass is 79.9. The van der Waals surface area contributed by atoms with Gasteiger partial charge in [0, 0.05) is 32.0 Å². The first-order valence-corrected chi connectivity index (χ1v) is 6.19. The van der Waals surface area contributed by atoms with Crippen molar-refractivity contribution < 1.29 is 9.53 Å². The van der Waals surface area contributed by atoms with Gasteiger partial charge in [-0.25, -0.2) is 0 Å². The van der Waals surface area contributed by atoms with Crippen molar-refractivity contribution in [3.8, 4) is 0 Å². The van der Waals surface area contributed by atoms with Crippen LogP contribution in [0.25, 0.3) is 0 Å². The summed E-state index contributed by atoms with van der Waals surface area (Å²) in [6.45, 7) is 0.494. The maximum Gasteiger partial charge on any atom is 0.321 e. The summed E-state index contributed by atoms with van der Waals surface area (Å²) in [5.41, 5.74) is 2.11. The van der Waals surface area contributed by atoms with Crippen LogP contribution in [-0.2, 0) is 9.53 Å². The minimum atomic E-state index is -0.332. The van der Waals surface area contributed by atoms with Crippen LogP contribution in [0.4, 0.5) is 11.4 Å². The van der Waals surface area contributed by atoms with E-state index in [1.165, 1.54) is 7.11 Å². The molecule has 0 spiro atoms. The second kappa shape index (κ2) is 6.49. The summed E-state index contributed by atoms with van der Waals surface area (Å²) in [5.74, 6) is -0.276. The smallest absolute Gasteiger partial charge is 0.321 e. The maximum atomic E-state index is 11.2. The number of ether oxygens (including phenoxy) is 1. The molecular formula is C12H17BrN2O2. The average Bonchev–Trinajstić information content (AvgIpc) is 2.35. The van der Waals surface area contributed by atoms with Crippen molar-refractivity contribution in [1.82, 2.24) is 0 Å². The van der Waals surface area contributed by atoms with E-state index >= 15 is 0 Å². The van der Waals surface area contributed by atoms with Crippen LogP contribution in [0.2, 0.25) is 0 Å². The summed E-state index contributed by atoms with van der Waals surface area (Å²) in [6, 6.07) is 7.99. The molecule has 0 amide bonds. The minimum Gasteiger partial charge on any atom is -0.468 e. The number of hydrogen-bond acceptors (Lipinski definition) is 4. The number of hydrogen-bond donors (Lipinski definition) is 1. The lowest BCUT2D eigenvalue weighted by Crippen LogP contribution is -2.24. The lowest BCUT2D eigenvalue weighted by Gasteiger charge is -2.14. The van der Waals surface area contributed by atoms with Crippen LogP contribution >= 0.6 is 15.9 Å². The molecule has 94 valence electrons. The zero-order chi connectivity index (χ0) is 12.8. The van der Waals surface area contributed by atoms with Crippen molar-refractivity contribution in [2.24, 2.45) is 0 Å². The molecule has 1 N–H and O–H groups in total. The zero-order valence-electron chi connectivity index (χ0n) is 10.2. The first-order chi connectivity index (χ1) is 8.04. The molecule has 4 nitrogen and oxygen atoms in total. The Morgan fingerprint density at radius 2 is 2.00 bits per heavy atom. The molecule has 0 aliphatic heterocycles. The Kier molecular flexibility index (Phi) is 5.28. The number of halogens is 1. The fourth-order valence-electron chi connectivity index (χ4n) is 1.30. The molecule has 17 heavy (non-hydrogen) atoms. The second-order valence-electron chi connectivity index (χ2n) is 3.81. The van der Waals surface area contributed by atoms with Crippen LogP contribution in [-0.4, -0.2) is 38.5 Å². The largest absolute Gasteiger partial charge is 0.468 e. The van der Waals surface area contributed by atoms with Gasteiger partial charge in [0.2, 0.25) is 0 Å². The maximum absolute atomic E-state index is 11.2. The molecule has 1 aromatic carbocycles. The number of benzene rings is 1. The molecule has 0 bridgehead atoms. The van der Waals surface area contributed by atoms with Gasteiger partial charge in [-0.1, -0.05) is 15.9 Å². The van der Waals surface area contributed by atoms with Gasteiger partial charge in [-0.2, -0.15) is 0 Å². The third-order valence-corrected chi connectivity index (χ3v) is 3.02. The summed E-state index contributed by atoms with van der Waals surface area (Å²) >= 11 is 3.25. The molecule has 1 atom stereocenters. The van der Waals surface area contributed by atoms with E-state index in [9.17, 15) is 4.79 Å². The van der Waals surface area contributed by atoms with Gasteiger partial charge >= 0.3 is 5.97 Å². The molecule has 0 saturated heterocycles. The number of rotatable bonds is 5. The topological polar surface area (TPSA) is 41.6 Å². The third-order valence-electron chi connectivity index (χ3n) is 2.33. The zero-order valence-corrected chi connectivity index (χ0v) is 11.8. The number of methoxy groups -OCH3 is 1. The fourth-order valence-corrected chi connectivity index (χ4v) is 1.64. The highest BCUT2D eigenvalue weighted by Crippen LogP contribution is 2.16. The number of nitrogens with zero attached hydrogens (tertiary/aromatic N) is 1. The van der Waals surface area contributed by atoms with E-state index in [0.29, 0.717) is 6.54 Å². The average molecular weight is 301 g/mol. The van der Waals surface area contributed by atoms with Crippen molar-refractivity contribution in [2.75, 3.05) is 38.0 Å². The van der Waals surface area contributed by atoms with E-state index in [4.69, 9.17) is 0 Å². The Bertz CT molecular complexity index is 365. The number of anilines is 2. The van der Waals surface area contributed by atoms with E-state index < -0.39 is 0 Å². The lowest BCUT2D eigenvalue weighted by atomic mass is 10.2. The van der Waals surface area contributed by atoms with Gasteiger partial charge in [-0.3, -0.25) is 4.79 Å². The predicted molar refractivity (Wildman–Crippen MR) is 74.0 cm³/mol. The van der Waals surface area contributed by atoms with Crippen LogP contribution in [0.15, 0.2) is 24.3 Å². The van der Waals surface area contributed by atoms with E-state index in [1.54, 1.807) is 0 Å². The van der Waals surface area contributed by atoms with Gasteiger partial charge < -0.3 is 15.0 Å². The summed E-state index contributed by atoms with van der Waals surface area (Å²) < 4.78 is 4.62. The van der Waals surface area contributed by atoms with E-state index in [2.05, 4.69) is 26.0 Å². The van der Waals surface area contributed by atoms with Crippen molar-refractivity contribution in [2.45, 2.75) is 4.83 Å². The van der Waals surface area contributed by atoms with Crippen LogP contribution < -0.4 is 10.2 Å². The van der Waals surface area contributed by atoms with Crippen molar-refractivity contribution in [3.05, 3.63) is 24.3 Å². The molecule has 0 aliphatic carbocycles. The quantitative estimate of drug-likeness (QED) is 0.668. The molecule has 5 heteroatoms. The Morgan fingerprint density at radius 1 is 1.41 bits per heavy atom. The van der Waals surface area contributed by atoms with Gasteiger partial charge in [-0.15, -0.1) is 0 Å². The standard InChI is InChI=1S/C12H17BrN2O2/c1-15(2)10-6-4-9(5-7-10)14-8-11(13)12(16)17-3/h4-7,11,14H,8H2,1-3H3. The van der Waals surface area contributed by atoms with Crippen LogP contribution in [0.1, 0.15) is 0 Å². The summed E-state index contributed by atoms with van der Waals surface area (Å²) in [7, 11) is 5.37. The van der Waals surface area contributed by atoms with Crippen molar-refractivity contribution in [1.29, 1.82) is 0 Å². The number of esters is 1. The highest BCUT2D eigenvalue weighted by Gasteiger charge is 2.14. The van der Waals surface area contributed by atoms with Crippen LogP contribution in [0, 0.1) is 0 Å². The van der Waals surface area contributed by atoms with Gasteiger partial charge in [0.05, 0.1) is 7.11 Å². The molecule has 1 aromatic rings. The van der Waals surface area contributed by atoms with E-state index in [0.717, 1.165) is 11.4 Å². The molecule has 0 aromatic heterocycles. The number of alkyl halides is 1. The summed E-state index contributed by atoms with van der Waals surface area (Å²) in [6.07, 6.45) is 0. The first-order valence-electron chi connectivity index (χ1n) is 5.27.